The number of aromatic nitrogens is 1. The number of amides is 2. The number of hydrogen-bond donors (Lipinski definition) is 1. The number of thiazole rings is 1. The molecule has 2 fully saturated rings. The van der Waals surface area contributed by atoms with Crippen LogP contribution >= 0.6 is 23.3 Å². The van der Waals surface area contributed by atoms with Crippen LogP contribution in [0.25, 0.3) is 0 Å². The molecule has 7 nitrogen and oxygen atoms in total. The van der Waals surface area contributed by atoms with E-state index in [1.54, 1.807) is 40.8 Å². The fraction of sp³-hybridized carbons (Fsp3) is 0.471. The van der Waals surface area contributed by atoms with Gasteiger partial charge in [-0.25, -0.2) is 9.29 Å². The summed E-state index contributed by atoms with van der Waals surface area (Å²) in [5.41, 5.74) is 0. The van der Waals surface area contributed by atoms with Gasteiger partial charge in [-0.15, -0.1) is 11.3 Å². The van der Waals surface area contributed by atoms with Crippen molar-refractivity contribution in [3.8, 4) is 0 Å². The minimum Gasteiger partial charge on any atom is -0.469 e. The van der Waals surface area contributed by atoms with E-state index in [-0.39, 0.29) is 11.8 Å². The van der Waals surface area contributed by atoms with Crippen LogP contribution in [0.15, 0.2) is 34.4 Å². The van der Waals surface area contributed by atoms with Gasteiger partial charge in [-0.3, -0.25) is 9.59 Å². The summed E-state index contributed by atoms with van der Waals surface area (Å²) in [7, 11) is 0. The second-order valence-corrected chi connectivity index (χ2v) is 8.67. The Kier molecular flexibility index (Phi) is 5.28. The number of piperazine rings is 1. The maximum atomic E-state index is 12.9. The number of rotatable bonds is 7. The van der Waals surface area contributed by atoms with Crippen LogP contribution in [0.4, 0.5) is 5.13 Å². The zero-order valence-corrected chi connectivity index (χ0v) is 15.8. The molecule has 0 radical (unpaired) electrons. The fourth-order valence-corrected chi connectivity index (χ4v) is 4.58. The van der Waals surface area contributed by atoms with Crippen molar-refractivity contribution in [3.05, 3.63) is 35.7 Å². The molecule has 2 aliphatic rings. The Bertz CT molecular complexity index is 746. The summed E-state index contributed by atoms with van der Waals surface area (Å²) in [6.45, 7) is 1.65. The number of anilines is 1. The first kappa shape index (κ1) is 17.6. The standard InChI is InChI=1S/C17H20N4O3S2/c22-15-11-20(26-13-3-4-13)6-7-21(15)14(10-12-2-1-8-24-12)16(23)19-17-18-5-9-25-17/h1-2,5,8-9,13-14H,3-4,6-7,10-11H2,(H,18,19,23). The highest BCUT2D eigenvalue weighted by atomic mass is 32.2. The lowest BCUT2D eigenvalue weighted by molar-refractivity contribution is -0.141. The molecule has 2 amide bonds. The van der Waals surface area contributed by atoms with Crippen molar-refractivity contribution in [3.63, 3.8) is 0 Å². The molecule has 138 valence electrons. The molecular weight excluding hydrogens is 372 g/mol. The first-order valence-electron chi connectivity index (χ1n) is 8.63. The normalized spacial score (nSPS) is 19.5. The second kappa shape index (κ2) is 7.81. The number of carbonyl (C=O) groups is 2. The molecule has 9 heteroatoms. The average Bonchev–Trinajstić information content (AvgIpc) is 3.08. The van der Waals surface area contributed by atoms with Crippen molar-refractivity contribution in [2.45, 2.75) is 30.6 Å². The van der Waals surface area contributed by atoms with Crippen LogP contribution in [0.1, 0.15) is 18.6 Å². The zero-order valence-electron chi connectivity index (χ0n) is 14.2. The molecule has 3 heterocycles. The van der Waals surface area contributed by atoms with Gasteiger partial charge in [0, 0.05) is 36.3 Å². The monoisotopic (exact) mass is 392 g/mol. The summed E-state index contributed by atoms with van der Waals surface area (Å²) in [6.07, 6.45) is 6.04. The molecule has 1 saturated carbocycles. The van der Waals surface area contributed by atoms with E-state index >= 15 is 0 Å². The molecule has 26 heavy (non-hydrogen) atoms. The Morgan fingerprint density at radius 3 is 3.00 bits per heavy atom. The van der Waals surface area contributed by atoms with Gasteiger partial charge in [-0.2, -0.15) is 0 Å². The lowest BCUT2D eigenvalue weighted by Crippen LogP contribution is -2.56. The second-order valence-electron chi connectivity index (χ2n) is 6.38. The van der Waals surface area contributed by atoms with Crippen LogP contribution in [-0.4, -0.2) is 56.9 Å². The van der Waals surface area contributed by atoms with Gasteiger partial charge in [0.2, 0.25) is 11.8 Å². The van der Waals surface area contributed by atoms with E-state index in [1.165, 1.54) is 24.2 Å². The third kappa shape index (κ3) is 4.28. The summed E-state index contributed by atoms with van der Waals surface area (Å²) < 4.78 is 7.54. The fourth-order valence-electron chi connectivity index (χ4n) is 2.91. The van der Waals surface area contributed by atoms with Crippen molar-refractivity contribution in [1.82, 2.24) is 14.2 Å². The molecule has 1 aliphatic heterocycles. The number of nitrogens with zero attached hydrogens (tertiary/aromatic N) is 3. The molecule has 0 bridgehead atoms. The van der Waals surface area contributed by atoms with Crippen molar-refractivity contribution >= 4 is 40.2 Å². The largest absolute Gasteiger partial charge is 0.469 e. The van der Waals surface area contributed by atoms with E-state index in [0.717, 1.165) is 6.54 Å². The highest BCUT2D eigenvalue weighted by Crippen LogP contribution is 2.36. The smallest absolute Gasteiger partial charge is 0.249 e. The van der Waals surface area contributed by atoms with Crippen LogP contribution < -0.4 is 5.32 Å². The average molecular weight is 393 g/mol. The highest BCUT2D eigenvalue weighted by molar-refractivity contribution is 7.97. The van der Waals surface area contributed by atoms with Crippen LogP contribution in [0, 0.1) is 0 Å². The molecule has 1 unspecified atom stereocenters. The Hall–Kier alpha value is -1.84. The predicted molar refractivity (Wildman–Crippen MR) is 101 cm³/mol. The van der Waals surface area contributed by atoms with Gasteiger partial charge in [-0.1, -0.05) is 11.9 Å². The SMILES string of the molecule is O=C(Nc1nccs1)C(Cc1ccco1)N1CCN(SC2CC2)CC1=O. The van der Waals surface area contributed by atoms with Crippen molar-refractivity contribution < 1.29 is 14.0 Å². The Morgan fingerprint density at radius 2 is 2.35 bits per heavy atom. The van der Waals surface area contributed by atoms with Crippen LogP contribution in [0.3, 0.4) is 0 Å². The van der Waals surface area contributed by atoms with Crippen molar-refractivity contribution in [2.75, 3.05) is 25.0 Å². The lowest BCUT2D eigenvalue weighted by Gasteiger charge is -2.37. The summed E-state index contributed by atoms with van der Waals surface area (Å²) in [4.78, 5) is 31.4. The maximum Gasteiger partial charge on any atom is 0.249 e. The maximum absolute atomic E-state index is 12.9. The van der Waals surface area contributed by atoms with Gasteiger partial charge in [0.15, 0.2) is 5.13 Å². The van der Waals surface area contributed by atoms with Crippen molar-refractivity contribution in [2.24, 2.45) is 0 Å². The molecule has 1 atom stereocenters. The summed E-state index contributed by atoms with van der Waals surface area (Å²) in [5, 5.41) is 5.83. The molecule has 1 N–H and O–H groups in total. The highest BCUT2D eigenvalue weighted by Gasteiger charge is 2.36. The quantitative estimate of drug-likeness (QED) is 0.728. The third-order valence-corrected chi connectivity index (χ3v) is 6.43. The molecule has 4 rings (SSSR count). The Morgan fingerprint density at radius 1 is 1.46 bits per heavy atom. The molecular formula is C17H20N4O3S2. The van der Waals surface area contributed by atoms with Crippen LogP contribution in [0.5, 0.6) is 0 Å². The number of nitrogens with one attached hydrogen (secondary N) is 1. The lowest BCUT2D eigenvalue weighted by atomic mass is 10.1. The minimum atomic E-state index is -0.606. The molecule has 2 aromatic rings. The summed E-state index contributed by atoms with van der Waals surface area (Å²) >= 11 is 3.14. The Labute approximate surface area is 159 Å². The van der Waals surface area contributed by atoms with Gasteiger partial charge in [0.1, 0.15) is 11.8 Å². The molecule has 0 spiro atoms. The van der Waals surface area contributed by atoms with Crippen LogP contribution in [0.2, 0.25) is 0 Å². The van der Waals surface area contributed by atoms with E-state index in [1.807, 2.05) is 6.07 Å². The number of furan rings is 1. The zero-order chi connectivity index (χ0) is 17.9. The van der Waals surface area contributed by atoms with Gasteiger partial charge in [0.05, 0.1) is 12.8 Å². The third-order valence-electron chi connectivity index (χ3n) is 4.36. The van der Waals surface area contributed by atoms with E-state index in [0.29, 0.717) is 35.7 Å². The van der Waals surface area contributed by atoms with Crippen LogP contribution in [-0.2, 0) is 16.0 Å². The molecule has 0 aromatic carbocycles. The molecule has 2 aromatic heterocycles. The minimum absolute atomic E-state index is 0.0183. The van der Waals surface area contributed by atoms with E-state index in [2.05, 4.69) is 14.6 Å². The van der Waals surface area contributed by atoms with Gasteiger partial charge >= 0.3 is 0 Å². The van der Waals surface area contributed by atoms with Crippen molar-refractivity contribution in [1.29, 1.82) is 0 Å². The molecule has 1 saturated heterocycles. The summed E-state index contributed by atoms with van der Waals surface area (Å²) in [6, 6.07) is 3.01. The van der Waals surface area contributed by atoms with Gasteiger partial charge in [-0.05, 0) is 25.0 Å². The predicted octanol–water partition coefficient (Wildman–Crippen LogP) is 2.24. The first-order valence-corrected chi connectivity index (χ1v) is 10.3. The first-order chi connectivity index (χ1) is 12.7. The summed E-state index contributed by atoms with van der Waals surface area (Å²) in [5.74, 6) is 0.440. The number of carbonyl (C=O) groups excluding carboxylic acids is 2. The Balaban J connectivity index is 1.46. The topological polar surface area (TPSA) is 78.7 Å². The molecule has 1 aliphatic carbocycles. The van der Waals surface area contributed by atoms with Gasteiger partial charge in [0.25, 0.3) is 0 Å². The van der Waals surface area contributed by atoms with E-state index < -0.39 is 6.04 Å². The van der Waals surface area contributed by atoms with E-state index in [9.17, 15) is 9.59 Å². The number of hydrogen-bond acceptors (Lipinski definition) is 7. The van der Waals surface area contributed by atoms with E-state index in [4.69, 9.17) is 4.42 Å². The van der Waals surface area contributed by atoms with Gasteiger partial charge < -0.3 is 14.6 Å².